The van der Waals surface area contributed by atoms with Crippen LogP contribution in [0.25, 0.3) is 0 Å². The molecule has 0 aliphatic rings. The van der Waals surface area contributed by atoms with E-state index in [0.717, 1.165) is 5.76 Å². The maximum absolute atomic E-state index is 8.33. The van der Waals surface area contributed by atoms with Gasteiger partial charge in [-0.05, 0) is 19.1 Å². The second-order valence-corrected chi connectivity index (χ2v) is 2.42. The highest BCUT2D eigenvalue weighted by atomic mass is 16.3. The fraction of sp³-hybridized carbons (Fsp3) is 0.375. The third-order valence-electron chi connectivity index (χ3n) is 1.44. The van der Waals surface area contributed by atoms with Crippen molar-refractivity contribution in [3.05, 3.63) is 23.7 Å². The van der Waals surface area contributed by atoms with Crippen LogP contribution in [0.4, 0.5) is 0 Å². The lowest BCUT2D eigenvalue weighted by atomic mass is 10.2. The minimum absolute atomic E-state index is 0.284. The second-order valence-electron chi connectivity index (χ2n) is 2.42. The van der Waals surface area contributed by atoms with E-state index in [0.29, 0.717) is 12.2 Å². The number of nitriles is 1. The third kappa shape index (κ3) is 1.82. The van der Waals surface area contributed by atoms with Crippen LogP contribution in [-0.2, 0) is 0 Å². The minimum Gasteiger partial charge on any atom is -0.465 e. The molecule has 1 rings (SSSR count). The van der Waals surface area contributed by atoms with Gasteiger partial charge < -0.3 is 10.2 Å². The zero-order valence-corrected chi connectivity index (χ0v) is 6.37. The van der Waals surface area contributed by atoms with Gasteiger partial charge in [-0.15, -0.1) is 0 Å². The smallest absolute Gasteiger partial charge is 0.121 e. The molecule has 0 bridgehead atoms. The largest absolute Gasteiger partial charge is 0.465 e. The summed E-state index contributed by atoms with van der Waals surface area (Å²) < 4.78 is 5.22. The van der Waals surface area contributed by atoms with Crippen molar-refractivity contribution in [1.29, 1.82) is 5.26 Å². The van der Waals surface area contributed by atoms with E-state index >= 15 is 0 Å². The Morgan fingerprint density at radius 1 is 1.73 bits per heavy atom. The highest BCUT2D eigenvalue weighted by Crippen LogP contribution is 2.15. The number of nitrogens with two attached hydrogens (primary N) is 1. The Labute approximate surface area is 65.4 Å². The number of rotatable bonds is 2. The van der Waals surface area contributed by atoms with Gasteiger partial charge in [-0.3, -0.25) is 0 Å². The molecule has 0 aliphatic carbocycles. The molecule has 1 aromatic rings. The Morgan fingerprint density at radius 3 is 2.91 bits per heavy atom. The van der Waals surface area contributed by atoms with Crippen molar-refractivity contribution in [3.8, 4) is 6.07 Å². The summed E-state index contributed by atoms with van der Waals surface area (Å²) in [5.41, 5.74) is 5.60. The number of furan rings is 1. The monoisotopic (exact) mass is 150 g/mol. The molecule has 1 heterocycles. The summed E-state index contributed by atoms with van der Waals surface area (Å²) in [6.45, 7) is 1.85. The molecule has 0 saturated heterocycles. The quantitative estimate of drug-likeness (QED) is 0.694. The van der Waals surface area contributed by atoms with Crippen molar-refractivity contribution in [2.24, 2.45) is 5.73 Å². The number of hydrogen-bond acceptors (Lipinski definition) is 3. The molecule has 1 atom stereocenters. The van der Waals surface area contributed by atoms with Crippen molar-refractivity contribution in [2.45, 2.75) is 19.4 Å². The first kappa shape index (κ1) is 7.83. The molecule has 11 heavy (non-hydrogen) atoms. The molecule has 0 unspecified atom stereocenters. The van der Waals surface area contributed by atoms with Crippen LogP contribution in [0, 0.1) is 18.3 Å². The van der Waals surface area contributed by atoms with Crippen molar-refractivity contribution in [2.75, 3.05) is 0 Å². The van der Waals surface area contributed by atoms with Crippen LogP contribution in [0.3, 0.4) is 0 Å². The Hall–Kier alpha value is -1.27. The van der Waals surface area contributed by atoms with Gasteiger partial charge in [0.15, 0.2) is 0 Å². The Kier molecular flexibility index (Phi) is 2.29. The molecule has 0 aromatic carbocycles. The van der Waals surface area contributed by atoms with Crippen LogP contribution in [-0.4, -0.2) is 0 Å². The predicted molar refractivity (Wildman–Crippen MR) is 40.6 cm³/mol. The topological polar surface area (TPSA) is 63.0 Å². The van der Waals surface area contributed by atoms with Crippen molar-refractivity contribution in [3.63, 3.8) is 0 Å². The molecule has 3 nitrogen and oxygen atoms in total. The summed E-state index contributed by atoms with van der Waals surface area (Å²) in [5, 5.41) is 8.33. The second kappa shape index (κ2) is 3.22. The third-order valence-corrected chi connectivity index (χ3v) is 1.44. The van der Waals surface area contributed by atoms with Crippen LogP contribution in [0.1, 0.15) is 24.0 Å². The van der Waals surface area contributed by atoms with Gasteiger partial charge in [-0.25, -0.2) is 0 Å². The van der Waals surface area contributed by atoms with Crippen molar-refractivity contribution >= 4 is 0 Å². The molecule has 0 amide bonds. The standard InChI is InChI=1S/C8H10N2O/c1-6-2-3-8(11-6)7(10)4-5-9/h2-3,7H,4,10H2,1H3/t7-/m1/s1. The summed E-state index contributed by atoms with van der Waals surface area (Å²) in [6, 6.07) is 5.35. The lowest BCUT2D eigenvalue weighted by Gasteiger charge is -2.00. The Morgan fingerprint density at radius 2 is 2.45 bits per heavy atom. The Balaban J connectivity index is 2.70. The van der Waals surface area contributed by atoms with E-state index in [1.54, 1.807) is 6.07 Å². The van der Waals surface area contributed by atoms with Crippen LogP contribution in [0.5, 0.6) is 0 Å². The normalized spacial score (nSPS) is 12.5. The maximum atomic E-state index is 8.33. The van der Waals surface area contributed by atoms with Gasteiger partial charge in [-0.2, -0.15) is 5.26 Å². The maximum Gasteiger partial charge on any atom is 0.121 e. The SMILES string of the molecule is Cc1ccc([C@H](N)CC#N)o1. The molecule has 1 aromatic heterocycles. The minimum atomic E-state index is -0.284. The molecular formula is C8H10N2O. The van der Waals surface area contributed by atoms with Gasteiger partial charge in [0.1, 0.15) is 11.5 Å². The van der Waals surface area contributed by atoms with Crippen LogP contribution in [0.15, 0.2) is 16.5 Å². The zero-order chi connectivity index (χ0) is 8.27. The van der Waals surface area contributed by atoms with Crippen molar-refractivity contribution < 1.29 is 4.42 Å². The average Bonchev–Trinajstić information content (AvgIpc) is 2.36. The molecule has 2 N–H and O–H groups in total. The van der Waals surface area contributed by atoms with Gasteiger partial charge in [-0.1, -0.05) is 0 Å². The molecule has 0 aliphatic heterocycles. The van der Waals surface area contributed by atoms with E-state index in [4.69, 9.17) is 15.4 Å². The highest BCUT2D eigenvalue weighted by molar-refractivity contribution is 5.10. The Bertz CT molecular complexity index is 272. The van der Waals surface area contributed by atoms with Gasteiger partial charge in [0.05, 0.1) is 18.5 Å². The van der Waals surface area contributed by atoms with Gasteiger partial charge in [0.2, 0.25) is 0 Å². The summed E-state index contributed by atoms with van der Waals surface area (Å²) in [5.74, 6) is 1.51. The molecule has 0 saturated carbocycles. The summed E-state index contributed by atoms with van der Waals surface area (Å²) in [6.07, 6.45) is 0.299. The average molecular weight is 150 g/mol. The molecular weight excluding hydrogens is 140 g/mol. The zero-order valence-electron chi connectivity index (χ0n) is 6.37. The van der Waals surface area contributed by atoms with Gasteiger partial charge in [0, 0.05) is 0 Å². The summed E-state index contributed by atoms with van der Waals surface area (Å²) in [4.78, 5) is 0. The fourth-order valence-electron chi connectivity index (χ4n) is 0.852. The first-order valence-electron chi connectivity index (χ1n) is 3.43. The van der Waals surface area contributed by atoms with E-state index in [-0.39, 0.29) is 6.04 Å². The van der Waals surface area contributed by atoms with E-state index in [2.05, 4.69) is 0 Å². The van der Waals surface area contributed by atoms with Crippen LogP contribution >= 0.6 is 0 Å². The van der Waals surface area contributed by atoms with Gasteiger partial charge in [0.25, 0.3) is 0 Å². The predicted octanol–water partition coefficient (Wildman–Crippen LogP) is 1.50. The first-order chi connectivity index (χ1) is 5.24. The lowest BCUT2D eigenvalue weighted by molar-refractivity contribution is 0.448. The number of hydrogen-bond donors (Lipinski definition) is 1. The molecule has 0 spiro atoms. The number of nitrogens with zero attached hydrogens (tertiary/aromatic N) is 1. The molecule has 3 heteroatoms. The summed E-state index contributed by atoms with van der Waals surface area (Å²) in [7, 11) is 0. The molecule has 0 fully saturated rings. The number of aryl methyl sites for hydroxylation is 1. The van der Waals surface area contributed by atoms with Crippen LogP contribution < -0.4 is 5.73 Å². The highest BCUT2D eigenvalue weighted by Gasteiger charge is 2.08. The van der Waals surface area contributed by atoms with E-state index < -0.39 is 0 Å². The first-order valence-corrected chi connectivity index (χ1v) is 3.43. The molecule has 0 radical (unpaired) electrons. The summed E-state index contributed by atoms with van der Waals surface area (Å²) >= 11 is 0. The lowest BCUT2D eigenvalue weighted by Crippen LogP contribution is -2.07. The molecule has 58 valence electrons. The van der Waals surface area contributed by atoms with Crippen molar-refractivity contribution in [1.82, 2.24) is 0 Å². The van der Waals surface area contributed by atoms with Gasteiger partial charge >= 0.3 is 0 Å². The van der Waals surface area contributed by atoms with E-state index in [1.807, 2.05) is 19.1 Å². The van der Waals surface area contributed by atoms with Crippen LogP contribution in [0.2, 0.25) is 0 Å². The van der Waals surface area contributed by atoms with E-state index in [1.165, 1.54) is 0 Å². The fourth-order valence-corrected chi connectivity index (χ4v) is 0.852. The van der Waals surface area contributed by atoms with E-state index in [9.17, 15) is 0 Å².